The number of allylic oxidation sites excluding steroid dienone is 1. The Morgan fingerprint density at radius 3 is 2.67 bits per heavy atom. The maximum atomic E-state index is 5.68. The normalized spacial score (nSPS) is 33.8. The van der Waals surface area contributed by atoms with Crippen molar-refractivity contribution in [1.82, 2.24) is 0 Å². The topological polar surface area (TPSA) is 9.23 Å². The smallest absolute Gasteiger partial charge is 0.0763 e. The molecule has 1 heterocycles. The first kappa shape index (κ1) is 10.3. The highest BCUT2D eigenvalue weighted by Crippen LogP contribution is 2.22. The van der Waals surface area contributed by atoms with E-state index in [0.29, 0.717) is 17.0 Å². The minimum absolute atomic E-state index is 0.361. The Labute approximate surface area is 83.3 Å². The summed E-state index contributed by atoms with van der Waals surface area (Å²) in [6.45, 7) is 6.43. The predicted molar refractivity (Wildman–Crippen MR) is 55.7 cm³/mol. The van der Waals surface area contributed by atoms with Crippen LogP contribution in [0, 0.1) is 0 Å². The minimum atomic E-state index is 0.361. The van der Waals surface area contributed by atoms with Crippen molar-refractivity contribution in [2.24, 2.45) is 0 Å². The van der Waals surface area contributed by atoms with Gasteiger partial charge in [0.1, 0.15) is 0 Å². The summed E-state index contributed by atoms with van der Waals surface area (Å²) >= 11 is 3.54. The largest absolute Gasteiger partial charge is 0.371 e. The fraction of sp³-hybridized carbons (Fsp3) is 0.800. The first-order valence-electron chi connectivity index (χ1n) is 4.57. The van der Waals surface area contributed by atoms with E-state index in [-0.39, 0.29) is 0 Å². The van der Waals surface area contributed by atoms with Gasteiger partial charge in [0.25, 0.3) is 0 Å². The summed E-state index contributed by atoms with van der Waals surface area (Å²) in [6.07, 6.45) is 5.43. The molecule has 70 valence electrons. The van der Waals surface area contributed by atoms with Gasteiger partial charge in [0.05, 0.1) is 12.2 Å². The molecule has 3 atom stereocenters. The summed E-state index contributed by atoms with van der Waals surface area (Å²) in [5.74, 6) is 0. The maximum Gasteiger partial charge on any atom is 0.0763 e. The summed E-state index contributed by atoms with van der Waals surface area (Å²) in [5.41, 5.74) is 1.37. The molecule has 1 rings (SSSR count). The third-order valence-corrected chi connectivity index (χ3v) is 3.06. The fourth-order valence-electron chi connectivity index (χ4n) is 1.38. The number of halogens is 1. The zero-order valence-electron chi connectivity index (χ0n) is 8.01. The van der Waals surface area contributed by atoms with Gasteiger partial charge in [-0.25, -0.2) is 0 Å². The zero-order valence-corrected chi connectivity index (χ0v) is 9.60. The summed E-state index contributed by atoms with van der Waals surface area (Å²) in [7, 11) is 0. The van der Waals surface area contributed by atoms with Crippen LogP contribution in [0.2, 0.25) is 0 Å². The van der Waals surface area contributed by atoms with Crippen molar-refractivity contribution in [3.05, 3.63) is 11.6 Å². The van der Waals surface area contributed by atoms with E-state index in [9.17, 15) is 0 Å². The SMILES string of the molecule is C/C(=C\C1CCC(C)O1)C(C)Br. The van der Waals surface area contributed by atoms with Crippen LogP contribution in [0.15, 0.2) is 11.6 Å². The Bertz CT molecular complexity index is 175. The molecule has 0 bridgehead atoms. The lowest BCUT2D eigenvalue weighted by atomic mass is 10.1. The van der Waals surface area contributed by atoms with Gasteiger partial charge in [-0.15, -0.1) is 0 Å². The van der Waals surface area contributed by atoms with E-state index in [4.69, 9.17) is 4.74 Å². The molecule has 0 spiro atoms. The highest BCUT2D eigenvalue weighted by atomic mass is 79.9. The van der Waals surface area contributed by atoms with Crippen molar-refractivity contribution in [1.29, 1.82) is 0 Å². The van der Waals surface area contributed by atoms with E-state index in [2.05, 4.69) is 42.8 Å². The Balaban J connectivity index is 2.45. The van der Waals surface area contributed by atoms with Gasteiger partial charge < -0.3 is 4.74 Å². The quantitative estimate of drug-likeness (QED) is 0.525. The summed E-state index contributed by atoms with van der Waals surface area (Å²) < 4.78 is 5.68. The lowest BCUT2D eigenvalue weighted by molar-refractivity contribution is 0.0828. The van der Waals surface area contributed by atoms with Crippen molar-refractivity contribution < 1.29 is 4.74 Å². The van der Waals surface area contributed by atoms with Crippen LogP contribution in [0.4, 0.5) is 0 Å². The second kappa shape index (κ2) is 4.43. The molecule has 0 radical (unpaired) electrons. The molecular weight excluding hydrogens is 216 g/mol. The van der Waals surface area contributed by atoms with Crippen molar-refractivity contribution in [2.75, 3.05) is 0 Å². The van der Waals surface area contributed by atoms with Crippen molar-refractivity contribution in [3.63, 3.8) is 0 Å². The third kappa shape index (κ3) is 2.91. The zero-order chi connectivity index (χ0) is 9.14. The highest BCUT2D eigenvalue weighted by molar-refractivity contribution is 9.09. The van der Waals surface area contributed by atoms with Crippen LogP contribution in [0.1, 0.15) is 33.6 Å². The molecule has 12 heavy (non-hydrogen) atoms. The first-order chi connectivity index (χ1) is 5.59. The molecule has 0 amide bonds. The lowest BCUT2D eigenvalue weighted by Crippen LogP contribution is -2.07. The standard InChI is InChI=1S/C10H17BrO/c1-7(9(3)11)6-10-5-4-8(2)12-10/h6,8-10H,4-5H2,1-3H3/b7-6+. The average molecular weight is 233 g/mol. The second-order valence-corrected chi connectivity index (χ2v) is 4.96. The van der Waals surface area contributed by atoms with E-state index < -0.39 is 0 Å². The van der Waals surface area contributed by atoms with Gasteiger partial charge in [0.15, 0.2) is 0 Å². The molecule has 0 aliphatic carbocycles. The molecule has 1 aliphatic rings. The van der Waals surface area contributed by atoms with Crippen LogP contribution in [0.25, 0.3) is 0 Å². The molecule has 0 aromatic rings. The van der Waals surface area contributed by atoms with Gasteiger partial charge in [-0.3, -0.25) is 0 Å². The molecule has 2 heteroatoms. The molecule has 0 saturated carbocycles. The van der Waals surface area contributed by atoms with Gasteiger partial charge in [0.2, 0.25) is 0 Å². The lowest BCUT2D eigenvalue weighted by Gasteiger charge is -2.09. The summed E-state index contributed by atoms with van der Waals surface area (Å²) in [6, 6.07) is 0. The molecule has 0 aromatic heterocycles. The van der Waals surface area contributed by atoms with Crippen LogP contribution >= 0.6 is 15.9 Å². The molecule has 3 unspecified atom stereocenters. The van der Waals surface area contributed by atoms with Crippen molar-refractivity contribution >= 4 is 15.9 Å². The monoisotopic (exact) mass is 232 g/mol. The van der Waals surface area contributed by atoms with Gasteiger partial charge in [-0.1, -0.05) is 27.6 Å². The Hall–Kier alpha value is 0.180. The van der Waals surface area contributed by atoms with Gasteiger partial charge >= 0.3 is 0 Å². The molecule has 1 saturated heterocycles. The average Bonchev–Trinajstić information content (AvgIpc) is 2.35. The fourth-order valence-corrected chi connectivity index (χ4v) is 1.53. The van der Waals surface area contributed by atoms with Crippen molar-refractivity contribution in [2.45, 2.75) is 50.6 Å². The van der Waals surface area contributed by atoms with E-state index in [0.717, 1.165) is 0 Å². The third-order valence-electron chi connectivity index (χ3n) is 2.34. The van der Waals surface area contributed by atoms with Crippen LogP contribution in [0.3, 0.4) is 0 Å². The molecular formula is C10H17BrO. The second-order valence-electron chi connectivity index (χ2n) is 3.59. The Morgan fingerprint density at radius 2 is 2.25 bits per heavy atom. The highest BCUT2D eigenvalue weighted by Gasteiger charge is 2.19. The first-order valence-corrected chi connectivity index (χ1v) is 5.49. The molecule has 0 N–H and O–H groups in total. The molecule has 0 aromatic carbocycles. The molecule has 1 nitrogen and oxygen atoms in total. The van der Waals surface area contributed by atoms with E-state index in [1.54, 1.807) is 0 Å². The van der Waals surface area contributed by atoms with Crippen LogP contribution in [0.5, 0.6) is 0 Å². The Kier molecular flexibility index (Phi) is 3.78. The number of hydrogen-bond donors (Lipinski definition) is 0. The van der Waals surface area contributed by atoms with Crippen molar-refractivity contribution in [3.8, 4) is 0 Å². The van der Waals surface area contributed by atoms with Gasteiger partial charge in [0, 0.05) is 4.83 Å². The molecule has 1 fully saturated rings. The number of hydrogen-bond acceptors (Lipinski definition) is 1. The summed E-state index contributed by atoms with van der Waals surface area (Å²) in [5, 5.41) is 0. The Morgan fingerprint density at radius 1 is 1.58 bits per heavy atom. The van der Waals surface area contributed by atoms with E-state index >= 15 is 0 Å². The number of ether oxygens (including phenoxy) is 1. The van der Waals surface area contributed by atoms with Crippen LogP contribution in [-0.2, 0) is 4.74 Å². The van der Waals surface area contributed by atoms with Crippen LogP contribution in [-0.4, -0.2) is 17.0 Å². The number of rotatable bonds is 2. The number of alkyl halides is 1. The van der Waals surface area contributed by atoms with Gasteiger partial charge in [-0.2, -0.15) is 0 Å². The van der Waals surface area contributed by atoms with E-state index in [1.165, 1.54) is 18.4 Å². The minimum Gasteiger partial charge on any atom is -0.371 e. The molecule has 1 aliphatic heterocycles. The maximum absolute atomic E-state index is 5.68. The summed E-state index contributed by atoms with van der Waals surface area (Å²) in [4.78, 5) is 0.469. The predicted octanol–water partition coefficient (Wildman–Crippen LogP) is 3.28. The van der Waals surface area contributed by atoms with Crippen LogP contribution < -0.4 is 0 Å². The van der Waals surface area contributed by atoms with Gasteiger partial charge in [-0.05, 0) is 33.6 Å². The van der Waals surface area contributed by atoms with E-state index in [1.807, 2.05) is 0 Å².